The zero-order valence-corrected chi connectivity index (χ0v) is 10.3. The number of alkyl halides is 1. The number of carbonyl (C=O) groups is 1. The molecule has 0 bridgehead atoms. The molecular formula is C11H22ClNO. The Balaban J connectivity index is 3.90. The van der Waals surface area contributed by atoms with Gasteiger partial charge in [-0.1, -0.05) is 27.2 Å². The Morgan fingerprint density at radius 1 is 1.36 bits per heavy atom. The third-order valence-corrected chi connectivity index (χ3v) is 2.78. The highest BCUT2D eigenvalue weighted by Gasteiger charge is 2.11. The molecule has 0 heterocycles. The first-order valence-electron chi connectivity index (χ1n) is 5.49. The molecule has 0 unspecified atom stereocenters. The fraction of sp³-hybridized carbons (Fsp3) is 0.909. The van der Waals surface area contributed by atoms with Crippen molar-refractivity contribution in [2.24, 2.45) is 5.92 Å². The summed E-state index contributed by atoms with van der Waals surface area (Å²) in [5.74, 6) is 0.870. The molecule has 1 amide bonds. The predicted molar refractivity (Wildman–Crippen MR) is 61.7 cm³/mol. The number of hydrogen-bond acceptors (Lipinski definition) is 1. The fourth-order valence-corrected chi connectivity index (χ4v) is 1.47. The second-order valence-corrected chi connectivity index (χ2v) is 4.08. The summed E-state index contributed by atoms with van der Waals surface area (Å²) in [7, 11) is 0. The maximum Gasteiger partial charge on any atom is 0.237 e. The Labute approximate surface area is 92.6 Å². The minimum absolute atomic E-state index is 0.0665. The lowest BCUT2D eigenvalue weighted by Crippen LogP contribution is -2.34. The van der Waals surface area contributed by atoms with Crippen LogP contribution in [0.25, 0.3) is 0 Å². The standard InChI is InChI=1S/C11H22ClNO/c1-4-7-13(11(14)9-12)8-6-10(3)5-2/h10H,4-9H2,1-3H3/t10-/m1/s1. The van der Waals surface area contributed by atoms with Gasteiger partial charge in [-0.2, -0.15) is 0 Å². The van der Waals surface area contributed by atoms with E-state index in [1.807, 2.05) is 4.90 Å². The molecule has 0 spiro atoms. The van der Waals surface area contributed by atoms with E-state index in [0.717, 1.165) is 25.9 Å². The van der Waals surface area contributed by atoms with Crippen LogP contribution in [0.5, 0.6) is 0 Å². The van der Waals surface area contributed by atoms with E-state index in [1.165, 1.54) is 6.42 Å². The highest BCUT2D eigenvalue weighted by molar-refractivity contribution is 6.27. The van der Waals surface area contributed by atoms with Crippen molar-refractivity contribution in [1.82, 2.24) is 4.90 Å². The summed E-state index contributed by atoms with van der Waals surface area (Å²) in [6.45, 7) is 8.17. The molecule has 0 radical (unpaired) electrons. The molecule has 0 aliphatic heterocycles. The lowest BCUT2D eigenvalue weighted by Gasteiger charge is -2.22. The predicted octanol–water partition coefficient (Wildman–Crippen LogP) is 2.90. The van der Waals surface area contributed by atoms with Crippen LogP contribution in [0.1, 0.15) is 40.0 Å². The third-order valence-electron chi connectivity index (χ3n) is 2.55. The van der Waals surface area contributed by atoms with Crippen molar-refractivity contribution in [3.8, 4) is 0 Å². The normalized spacial score (nSPS) is 12.6. The van der Waals surface area contributed by atoms with Gasteiger partial charge in [0.2, 0.25) is 5.91 Å². The van der Waals surface area contributed by atoms with Crippen molar-refractivity contribution in [2.75, 3.05) is 19.0 Å². The van der Waals surface area contributed by atoms with Crippen LogP contribution in [-0.4, -0.2) is 29.8 Å². The molecule has 0 aliphatic rings. The van der Waals surface area contributed by atoms with Gasteiger partial charge in [0, 0.05) is 13.1 Å². The Morgan fingerprint density at radius 3 is 2.43 bits per heavy atom. The second kappa shape index (κ2) is 8.10. The van der Waals surface area contributed by atoms with E-state index in [0.29, 0.717) is 5.92 Å². The molecule has 1 atom stereocenters. The van der Waals surface area contributed by atoms with E-state index < -0.39 is 0 Å². The summed E-state index contributed by atoms with van der Waals surface area (Å²) < 4.78 is 0. The Morgan fingerprint density at radius 2 is 2.00 bits per heavy atom. The molecule has 0 fully saturated rings. The summed E-state index contributed by atoms with van der Waals surface area (Å²) in [5.41, 5.74) is 0. The molecule has 0 aromatic heterocycles. The van der Waals surface area contributed by atoms with E-state index in [-0.39, 0.29) is 11.8 Å². The first kappa shape index (κ1) is 13.8. The van der Waals surface area contributed by atoms with E-state index in [9.17, 15) is 4.79 Å². The molecule has 0 N–H and O–H groups in total. The van der Waals surface area contributed by atoms with E-state index in [1.54, 1.807) is 0 Å². The Hall–Kier alpha value is -0.240. The topological polar surface area (TPSA) is 20.3 Å². The highest BCUT2D eigenvalue weighted by Crippen LogP contribution is 2.08. The largest absolute Gasteiger partial charge is 0.342 e. The molecule has 0 aromatic carbocycles. The van der Waals surface area contributed by atoms with Gasteiger partial charge in [0.05, 0.1) is 0 Å². The minimum atomic E-state index is 0.0665. The van der Waals surface area contributed by atoms with Crippen molar-refractivity contribution in [1.29, 1.82) is 0 Å². The third kappa shape index (κ3) is 5.48. The summed E-state index contributed by atoms with van der Waals surface area (Å²) in [4.78, 5) is 13.3. The van der Waals surface area contributed by atoms with Crippen LogP contribution in [-0.2, 0) is 4.79 Å². The van der Waals surface area contributed by atoms with Gasteiger partial charge in [0.1, 0.15) is 5.88 Å². The molecular weight excluding hydrogens is 198 g/mol. The number of hydrogen-bond donors (Lipinski definition) is 0. The number of carbonyl (C=O) groups excluding carboxylic acids is 1. The van der Waals surface area contributed by atoms with Crippen molar-refractivity contribution in [3.05, 3.63) is 0 Å². The molecule has 2 nitrogen and oxygen atoms in total. The number of amides is 1. The van der Waals surface area contributed by atoms with E-state index in [4.69, 9.17) is 11.6 Å². The van der Waals surface area contributed by atoms with Crippen molar-refractivity contribution >= 4 is 17.5 Å². The van der Waals surface area contributed by atoms with Crippen molar-refractivity contribution in [2.45, 2.75) is 40.0 Å². The molecule has 0 rings (SSSR count). The minimum Gasteiger partial charge on any atom is -0.342 e. The van der Waals surface area contributed by atoms with Crippen LogP contribution in [0.2, 0.25) is 0 Å². The molecule has 0 aliphatic carbocycles. The van der Waals surface area contributed by atoms with Crippen molar-refractivity contribution < 1.29 is 4.79 Å². The zero-order valence-electron chi connectivity index (χ0n) is 9.55. The number of rotatable bonds is 7. The van der Waals surface area contributed by atoms with Crippen LogP contribution in [0.3, 0.4) is 0 Å². The lowest BCUT2D eigenvalue weighted by atomic mass is 10.1. The summed E-state index contributed by atoms with van der Waals surface area (Å²) >= 11 is 5.54. The smallest absolute Gasteiger partial charge is 0.237 e. The molecule has 0 saturated carbocycles. The summed E-state index contributed by atoms with van der Waals surface area (Å²) in [6, 6.07) is 0. The van der Waals surface area contributed by atoms with Crippen molar-refractivity contribution in [3.63, 3.8) is 0 Å². The van der Waals surface area contributed by atoms with Gasteiger partial charge in [-0.15, -0.1) is 11.6 Å². The molecule has 14 heavy (non-hydrogen) atoms. The maximum atomic E-state index is 11.4. The number of nitrogens with zero attached hydrogens (tertiary/aromatic N) is 1. The molecule has 0 aromatic rings. The Bertz CT molecular complexity index is 161. The van der Waals surface area contributed by atoms with Gasteiger partial charge < -0.3 is 4.90 Å². The highest BCUT2D eigenvalue weighted by atomic mass is 35.5. The Kier molecular flexibility index (Phi) is 7.96. The average molecular weight is 220 g/mol. The monoisotopic (exact) mass is 219 g/mol. The first-order valence-corrected chi connectivity index (χ1v) is 6.02. The van der Waals surface area contributed by atoms with Gasteiger partial charge >= 0.3 is 0 Å². The van der Waals surface area contributed by atoms with Gasteiger partial charge in [-0.25, -0.2) is 0 Å². The van der Waals surface area contributed by atoms with Crippen LogP contribution in [0.15, 0.2) is 0 Å². The average Bonchev–Trinajstić information content (AvgIpc) is 2.22. The molecule has 3 heteroatoms. The first-order chi connectivity index (χ1) is 6.65. The molecule has 0 saturated heterocycles. The van der Waals surface area contributed by atoms with E-state index in [2.05, 4.69) is 20.8 Å². The van der Waals surface area contributed by atoms with Crippen LogP contribution >= 0.6 is 11.6 Å². The van der Waals surface area contributed by atoms with Crippen LogP contribution in [0.4, 0.5) is 0 Å². The van der Waals surface area contributed by atoms with Gasteiger partial charge in [0.15, 0.2) is 0 Å². The fourth-order valence-electron chi connectivity index (χ4n) is 1.30. The summed E-state index contributed by atoms with van der Waals surface area (Å²) in [5, 5.41) is 0. The molecule has 84 valence electrons. The van der Waals surface area contributed by atoms with E-state index >= 15 is 0 Å². The van der Waals surface area contributed by atoms with Crippen LogP contribution < -0.4 is 0 Å². The van der Waals surface area contributed by atoms with Crippen LogP contribution in [0, 0.1) is 5.92 Å². The lowest BCUT2D eigenvalue weighted by molar-refractivity contribution is -0.128. The van der Waals surface area contributed by atoms with Gasteiger partial charge in [-0.3, -0.25) is 4.79 Å². The summed E-state index contributed by atoms with van der Waals surface area (Å²) in [6.07, 6.45) is 3.26. The second-order valence-electron chi connectivity index (χ2n) is 3.82. The van der Waals surface area contributed by atoms with Gasteiger partial charge in [0.25, 0.3) is 0 Å². The maximum absolute atomic E-state index is 11.4. The van der Waals surface area contributed by atoms with Gasteiger partial charge in [-0.05, 0) is 18.8 Å². The SMILES string of the molecule is CCCN(CC[C@H](C)CC)C(=O)CCl. The quantitative estimate of drug-likeness (QED) is 0.603. The number of halogens is 1. The zero-order chi connectivity index (χ0) is 11.0.